The van der Waals surface area contributed by atoms with E-state index in [1.807, 2.05) is 20.9 Å². The summed E-state index contributed by atoms with van der Waals surface area (Å²) in [4.78, 5) is 2.09. The maximum Gasteiger partial charge on any atom is 0.0594 e. The Kier molecular flexibility index (Phi) is 5.79. The highest BCUT2D eigenvalue weighted by molar-refractivity contribution is 5.22. The van der Waals surface area contributed by atoms with Crippen molar-refractivity contribution in [1.82, 2.24) is 4.90 Å². The molecule has 0 saturated carbocycles. The number of nitrogens with zero attached hydrogens (tertiary/aromatic N) is 1. The molecule has 1 aromatic carbocycles. The van der Waals surface area contributed by atoms with Crippen LogP contribution in [0.3, 0.4) is 0 Å². The third-order valence-electron chi connectivity index (χ3n) is 2.98. The van der Waals surface area contributed by atoms with E-state index in [-0.39, 0.29) is 6.61 Å². The zero-order valence-corrected chi connectivity index (χ0v) is 11.7. The summed E-state index contributed by atoms with van der Waals surface area (Å²) >= 11 is 0. The number of hydrogen-bond donors (Lipinski definition) is 2. The van der Waals surface area contributed by atoms with Crippen LogP contribution >= 0.6 is 0 Å². The van der Waals surface area contributed by atoms with Gasteiger partial charge in [0.2, 0.25) is 0 Å². The lowest BCUT2D eigenvalue weighted by molar-refractivity contribution is 0.0714. The van der Waals surface area contributed by atoms with E-state index in [1.165, 1.54) is 11.1 Å². The van der Waals surface area contributed by atoms with Crippen LogP contribution in [-0.2, 0) is 13.0 Å². The second-order valence-electron chi connectivity index (χ2n) is 5.59. The fraction of sp³-hybridized carbons (Fsp3) is 0.600. The third kappa shape index (κ3) is 6.15. The molecular weight excluding hydrogens is 226 g/mol. The summed E-state index contributed by atoms with van der Waals surface area (Å²) in [6.45, 7) is 5.42. The van der Waals surface area contributed by atoms with Gasteiger partial charge in [0.15, 0.2) is 0 Å². The van der Waals surface area contributed by atoms with Crippen molar-refractivity contribution in [3.8, 4) is 0 Å². The minimum atomic E-state index is -0.597. The molecule has 0 aromatic heterocycles. The molecule has 3 heteroatoms. The van der Waals surface area contributed by atoms with Crippen LogP contribution in [0.2, 0.25) is 0 Å². The minimum absolute atomic E-state index is 0.195. The maximum atomic E-state index is 9.68. The fourth-order valence-corrected chi connectivity index (χ4v) is 1.82. The van der Waals surface area contributed by atoms with Crippen molar-refractivity contribution in [3.63, 3.8) is 0 Å². The van der Waals surface area contributed by atoms with Crippen molar-refractivity contribution in [2.45, 2.75) is 38.8 Å². The number of benzene rings is 1. The van der Waals surface area contributed by atoms with Crippen LogP contribution in [0.1, 0.15) is 31.4 Å². The highest BCUT2D eigenvalue weighted by Gasteiger charge is 2.11. The average molecular weight is 251 g/mol. The Morgan fingerprint density at radius 3 is 2.17 bits per heavy atom. The standard InChI is InChI=1S/C15H25NO2/c1-15(2,18)9-8-13-4-6-14(7-5-13)12-16(3)10-11-17/h4-7,17-18H,8-12H2,1-3H3. The number of hydrogen-bond acceptors (Lipinski definition) is 3. The smallest absolute Gasteiger partial charge is 0.0594 e. The van der Waals surface area contributed by atoms with Gasteiger partial charge in [-0.15, -0.1) is 0 Å². The SMILES string of the molecule is CN(CCO)Cc1ccc(CCC(C)(C)O)cc1. The topological polar surface area (TPSA) is 43.7 Å². The summed E-state index contributed by atoms with van der Waals surface area (Å²) < 4.78 is 0. The number of likely N-dealkylation sites (N-methyl/N-ethyl adjacent to an activating group) is 1. The van der Waals surface area contributed by atoms with E-state index in [4.69, 9.17) is 5.11 Å². The van der Waals surface area contributed by atoms with Crippen molar-refractivity contribution in [2.24, 2.45) is 0 Å². The fourth-order valence-electron chi connectivity index (χ4n) is 1.82. The van der Waals surface area contributed by atoms with Gasteiger partial charge in [0, 0.05) is 13.1 Å². The molecule has 18 heavy (non-hydrogen) atoms. The van der Waals surface area contributed by atoms with Gasteiger partial charge in [-0.05, 0) is 44.9 Å². The summed E-state index contributed by atoms with van der Waals surface area (Å²) in [6.07, 6.45) is 1.67. The van der Waals surface area contributed by atoms with E-state index in [0.717, 1.165) is 19.4 Å². The summed E-state index contributed by atoms with van der Waals surface area (Å²) in [5.74, 6) is 0. The first kappa shape index (κ1) is 15.2. The predicted molar refractivity (Wildman–Crippen MR) is 74.5 cm³/mol. The predicted octanol–water partition coefficient (Wildman–Crippen LogP) is 1.81. The first-order valence-corrected chi connectivity index (χ1v) is 6.50. The molecule has 0 amide bonds. The molecule has 0 unspecified atom stereocenters. The van der Waals surface area contributed by atoms with Gasteiger partial charge in [-0.1, -0.05) is 24.3 Å². The largest absolute Gasteiger partial charge is 0.395 e. The second kappa shape index (κ2) is 6.88. The lowest BCUT2D eigenvalue weighted by Gasteiger charge is -2.17. The van der Waals surface area contributed by atoms with Gasteiger partial charge < -0.3 is 10.2 Å². The summed E-state index contributed by atoms with van der Waals surface area (Å²) in [7, 11) is 2.00. The lowest BCUT2D eigenvalue weighted by Crippen LogP contribution is -2.21. The van der Waals surface area contributed by atoms with Crippen LogP contribution in [0.5, 0.6) is 0 Å². The van der Waals surface area contributed by atoms with Crippen LogP contribution < -0.4 is 0 Å². The molecule has 0 fully saturated rings. The molecule has 0 heterocycles. The number of aliphatic hydroxyl groups is 2. The van der Waals surface area contributed by atoms with E-state index in [1.54, 1.807) is 0 Å². The maximum absolute atomic E-state index is 9.68. The van der Waals surface area contributed by atoms with Gasteiger partial charge in [0.05, 0.1) is 12.2 Å². The zero-order valence-electron chi connectivity index (χ0n) is 11.7. The molecule has 3 nitrogen and oxygen atoms in total. The average Bonchev–Trinajstić information content (AvgIpc) is 2.27. The van der Waals surface area contributed by atoms with Crippen LogP contribution in [0.15, 0.2) is 24.3 Å². The van der Waals surface area contributed by atoms with Gasteiger partial charge >= 0.3 is 0 Å². The normalized spacial score (nSPS) is 12.1. The van der Waals surface area contributed by atoms with E-state index in [2.05, 4.69) is 29.2 Å². The number of aryl methyl sites for hydroxylation is 1. The van der Waals surface area contributed by atoms with Crippen molar-refractivity contribution in [3.05, 3.63) is 35.4 Å². The molecule has 0 atom stereocenters. The van der Waals surface area contributed by atoms with Crippen LogP contribution in [-0.4, -0.2) is 40.9 Å². The molecule has 0 aliphatic heterocycles. The minimum Gasteiger partial charge on any atom is -0.395 e. The summed E-state index contributed by atoms with van der Waals surface area (Å²) in [6, 6.07) is 8.48. The van der Waals surface area contributed by atoms with E-state index in [9.17, 15) is 5.11 Å². The Bertz CT molecular complexity index is 341. The molecular formula is C15H25NO2. The summed E-state index contributed by atoms with van der Waals surface area (Å²) in [5, 5.41) is 18.5. The molecule has 0 saturated heterocycles. The molecule has 0 spiro atoms. The van der Waals surface area contributed by atoms with Gasteiger partial charge in [0.25, 0.3) is 0 Å². The Morgan fingerprint density at radius 1 is 1.11 bits per heavy atom. The Hall–Kier alpha value is -0.900. The molecule has 1 rings (SSSR count). The van der Waals surface area contributed by atoms with Crippen LogP contribution in [0, 0.1) is 0 Å². The highest BCUT2D eigenvalue weighted by Crippen LogP contribution is 2.14. The van der Waals surface area contributed by atoms with E-state index < -0.39 is 5.60 Å². The summed E-state index contributed by atoms with van der Waals surface area (Å²) in [5.41, 5.74) is 1.91. The molecule has 2 N–H and O–H groups in total. The molecule has 0 aliphatic carbocycles. The van der Waals surface area contributed by atoms with Crippen molar-refractivity contribution >= 4 is 0 Å². The van der Waals surface area contributed by atoms with Crippen LogP contribution in [0.25, 0.3) is 0 Å². The van der Waals surface area contributed by atoms with Crippen molar-refractivity contribution in [2.75, 3.05) is 20.2 Å². The number of rotatable bonds is 7. The van der Waals surface area contributed by atoms with Crippen LogP contribution in [0.4, 0.5) is 0 Å². The first-order chi connectivity index (χ1) is 8.40. The van der Waals surface area contributed by atoms with Gasteiger partial charge in [-0.25, -0.2) is 0 Å². The van der Waals surface area contributed by atoms with E-state index in [0.29, 0.717) is 6.54 Å². The second-order valence-corrected chi connectivity index (χ2v) is 5.59. The van der Waals surface area contributed by atoms with Gasteiger partial charge in [-0.3, -0.25) is 4.90 Å². The molecule has 102 valence electrons. The molecule has 1 aromatic rings. The zero-order chi connectivity index (χ0) is 13.6. The lowest BCUT2D eigenvalue weighted by atomic mass is 9.98. The molecule has 0 radical (unpaired) electrons. The Labute approximate surface area is 110 Å². The van der Waals surface area contributed by atoms with E-state index >= 15 is 0 Å². The van der Waals surface area contributed by atoms with Gasteiger partial charge in [-0.2, -0.15) is 0 Å². The number of aliphatic hydroxyl groups excluding tert-OH is 1. The van der Waals surface area contributed by atoms with Crippen molar-refractivity contribution in [1.29, 1.82) is 0 Å². The molecule has 0 aliphatic rings. The first-order valence-electron chi connectivity index (χ1n) is 6.50. The van der Waals surface area contributed by atoms with Crippen molar-refractivity contribution < 1.29 is 10.2 Å². The Morgan fingerprint density at radius 2 is 1.67 bits per heavy atom. The monoisotopic (exact) mass is 251 g/mol. The Balaban J connectivity index is 2.47. The molecule has 0 bridgehead atoms. The van der Waals surface area contributed by atoms with Gasteiger partial charge in [0.1, 0.15) is 0 Å². The highest BCUT2D eigenvalue weighted by atomic mass is 16.3. The quantitative estimate of drug-likeness (QED) is 0.777. The third-order valence-corrected chi connectivity index (χ3v) is 2.98.